The van der Waals surface area contributed by atoms with Gasteiger partial charge in [-0.15, -0.1) is 0 Å². The lowest BCUT2D eigenvalue weighted by Gasteiger charge is -2.15. The molecule has 6 nitrogen and oxygen atoms in total. The topological polar surface area (TPSA) is 101 Å². The molecule has 10 heteroatoms. The number of benzene rings is 1. The fraction of sp³-hybridized carbons (Fsp3) is 0.273. The Labute approximate surface area is 117 Å². The van der Waals surface area contributed by atoms with Gasteiger partial charge < -0.3 is 10.4 Å². The van der Waals surface area contributed by atoms with Gasteiger partial charge >= 0.3 is 18.1 Å². The van der Waals surface area contributed by atoms with Crippen molar-refractivity contribution in [3.8, 4) is 0 Å². The molecule has 21 heavy (non-hydrogen) atoms. The maximum atomic E-state index is 12.3. The van der Waals surface area contributed by atoms with Crippen LogP contribution in [0, 0.1) is 6.92 Å². The number of aromatic carboxylic acids is 1. The molecule has 0 spiro atoms. The highest BCUT2D eigenvalue weighted by Crippen LogP contribution is 2.30. The van der Waals surface area contributed by atoms with Gasteiger partial charge in [0.25, 0.3) is 0 Å². The average Bonchev–Trinajstić information content (AvgIpc) is 2.28. The Balaban J connectivity index is 3.55. The van der Waals surface area contributed by atoms with Crippen molar-refractivity contribution in [2.75, 3.05) is 11.6 Å². The van der Waals surface area contributed by atoms with Crippen LogP contribution in [0.15, 0.2) is 17.0 Å². The number of halogens is 3. The Bertz CT molecular complexity index is 709. The number of carboxylic acid groups (broad SMARTS) is 1. The number of carboxylic acids is 1. The second-order valence-corrected chi connectivity index (χ2v) is 6.12. The third-order valence-corrected chi connectivity index (χ3v) is 3.69. The lowest BCUT2D eigenvalue weighted by molar-refractivity contribution is -0.167. The predicted molar refractivity (Wildman–Crippen MR) is 65.9 cm³/mol. The first-order valence-electron chi connectivity index (χ1n) is 5.31. The standard InChI is InChI=1S/C11H10F3NO5S/c1-5-6(9(16)17)3-4-7(21(2,19)20)8(5)15-10(18)11(12,13)14/h3-4H,1-2H3,(H,15,18)(H,16,17). The van der Waals surface area contributed by atoms with E-state index in [1.54, 1.807) is 0 Å². The normalized spacial score (nSPS) is 12.0. The van der Waals surface area contributed by atoms with Gasteiger partial charge in [-0.25, -0.2) is 13.2 Å². The van der Waals surface area contributed by atoms with Crippen LogP contribution in [0.2, 0.25) is 0 Å². The Morgan fingerprint density at radius 1 is 1.24 bits per heavy atom. The smallest absolute Gasteiger partial charge is 0.471 e. The third kappa shape index (κ3) is 3.72. The summed E-state index contributed by atoms with van der Waals surface area (Å²) in [5, 5.41) is 10.3. The molecule has 0 radical (unpaired) electrons. The molecule has 0 heterocycles. The van der Waals surface area contributed by atoms with E-state index in [0.717, 1.165) is 25.3 Å². The van der Waals surface area contributed by atoms with Crippen LogP contribution in [-0.2, 0) is 14.6 Å². The van der Waals surface area contributed by atoms with E-state index < -0.39 is 44.0 Å². The molecule has 0 bridgehead atoms. The molecule has 1 aromatic rings. The van der Waals surface area contributed by atoms with E-state index >= 15 is 0 Å². The van der Waals surface area contributed by atoms with Crippen molar-refractivity contribution in [3.63, 3.8) is 0 Å². The Morgan fingerprint density at radius 2 is 1.76 bits per heavy atom. The summed E-state index contributed by atoms with van der Waals surface area (Å²) in [6.45, 7) is 1.10. The zero-order chi connectivity index (χ0) is 16.6. The molecular formula is C11H10F3NO5S. The van der Waals surface area contributed by atoms with Gasteiger partial charge in [-0.05, 0) is 24.6 Å². The largest absolute Gasteiger partial charge is 0.478 e. The van der Waals surface area contributed by atoms with Crippen LogP contribution in [-0.4, -0.2) is 37.8 Å². The molecule has 0 aliphatic rings. The van der Waals surface area contributed by atoms with Gasteiger partial charge in [0.05, 0.1) is 16.1 Å². The summed E-state index contributed by atoms with van der Waals surface area (Å²) in [7, 11) is -3.96. The average molecular weight is 325 g/mol. The number of hydrogen-bond donors (Lipinski definition) is 2. The van der Waals surface area contributed by atoms with Crippen LogP contribution in [0.3, 0.4) is 0 Å². The van der Waals surface area contributed by atoms with Crippen molar-refractivity contribution in [2.24, 2.45) is 0 Å². The van der Waals surface area contributed by atoms with E-state index in [-0.39, 0.29) is 5.56 Å². The third-order valence-electron chi connectivity index (χ3n) is 2.55. The van der Waals surface area contributed by atoms with Gasteiger partial charge in [-0.2, -0.15) is 13.2 Å². The number of hydrogen-bond acceptors (Lipinski definition) is 4. The van der Waals surface area contributed by atoms with Crippen molar-refractivity contribution in [2.45, 2.75) is 18.0 Å². The molecule has 0 saturated heterocycles. The van der Waals surface area contributed by atoms with Gasteiger partial charge in [0.15, 0.2) is 9.84 Å². The number of amides is 1. The highest BCUT2D eigenvalue weighted by molar-refractivity contribution is 7.90. The van der Waals surface area contributed by atoms with Crippen LogP contribution >= 0.6 is 0 Å². The molecule has 0 saturated carbocycles. The van der Waals surface area contributed by atoms with Crippen LogP contribution in [0.25, 0.3) is 0 Å². The summed E-state index contributed by atoms with van der Waals surface area (Å²) in [6, 6.07) is 1.77. The minimum atomic E-state index is -5.24. The SMILES string of the molecule is Cc1c(C(=O)O)ccc(S(C)(=O)=O)c1NC(=O)C(F)(F)F. The summed E-state index contributed by atoms with van der Waals surface area (Å²) in [5.74, 6) is -3.85. The van der Waals surface area contributed by atoms with Gasteiger partial charge in [0, 0.05) is 6.26 Å². The summed E-state index contributed by atoms with van der Waals surface area (Å²) in [5.41, 5.74) is -1.40. The van der Waals surface area contributed by atoms with E-state index in [4.69, 9.17) is 5.11 Å². The number of sulfone groups is 1. The quantitative estimate of drug-likeness (QED) is 0.879. The molecule has 1 aromatic carbocycles. The first kappa shape index (κ1) is 17.0. The molecular weight excluding hydrogens is 315 g/mol. The van der Waals surface area contributed by atoms with Gasteiger partial charge in [-0.3, -0.25) is 4.79 Å². The zero-order valence-electron chi connectivity index (χ0n) is 10.8. The zero-order valence-corrected chi connectivity index (χ0v) is 11.6. The maximum absolute atomic E-state index is 12.3. The predicted octanol–water partition coefficient (Wildman–Crippen LogP) is 1.60. The fourth-order valence-corrected chi connectivity index (χ4v) is 2.46. The fourth-order valence-electron chi connectivity index (χ4n) is 1.57. The highest BCUT2D eigenvalue weighted by atomic mass is 32.2. The molecule has 0 aromatic heterocycles. The Kier molecular flexibility index (Phi) is 4.32. The summed E-state index contributed by atoms with van der Waals surface area (Å²) >= 11 is 0. The first-order chi connectivity index (χ1) is 9.35. The van der Waals surface area contributed by atoms with Gasteiger partial charge in [0.2, 0.25) is 0 Å². The van der Waals surface area contributed by atoms with Crippen LogP contribution in [0.4, 0.5) is 18.9 Å². The number of carbonyl (C=O) groups excluding carboxylic acids is 1. The van der Waals surface area contributed by atoms with Crippen molar-refractivity contribution in [1.29, 1.82) is 0 Å². The summed E-state index contributed by atoms with van der Waals surface area (Å²) in [6.07, 6.45) is -4.51. The molecule has 116 valence electrons. The van der Waals surface area contributed by atoms with Gasteiger partial charge in [-0.1, -0.05) is 0 Å². The lowest BCUT2D eigenvalue weighted by atomic mass is 10.1. The minimum absolute atomic E-state index is 0.289. The molecule has 2 N–H and O–H groups in total. The molecule has 1 amide bonds. The van der Waals surface area contributed by atoms with Crippen molar-refractivity contribution < 1.29 is 36.3 Å². The second-order valence-electron chi connectivity index (χ2n) is 4.14. The first-order valence-corrected chi connectivity index (χ1v) is 7.20. The van der Waals surface area contributed by atoms with Crippen molar-refractivity contribution >= 4 is 27.4 Å². The minimum Gasteiger partial charge on any atom is -0.478 e. The van der Waals surface area contributed by atoms with E-state index in [1.165, 1.54) is 5.32 Å². The molecule has 1 rings (SSSR count). The summed E-state index contributed by atoms with van der Waals surface area (Å²) in [4.78, 5) is 21.3. The maximum Gasteiger partial charge on any atom is 0.471 e. The number of nitrogens with one attached hydrogen (secondary N) is 1. The van der Waals surface area contributed by atoms with E-state index in [2.05, 4.69) is 0 Å². The van der Waals surface area contributed by atoms with Gasteiger partial charge in [0.1, 0.15) is 0 Å². The monoisotopic (exact) mass is 325 g/mol. The Hall–Kier alpha value is -2.10. The molecule has 0 unspecified atom stereocenters. The van der Waals surface area contributed by atoms with Crippen molar-refractivity contribution in [1.82, 2.24) is 0 Å². The van der Waals surface area contributed by atoms with E-state index in [9.17, 15) is 31.2 Å². The number of rotatable bonds is 3. The highest BCUT2D eigenvalue weighted by Gasteiger charge is 2.39. The van der Waals surface area contributed by atoms with E-state index in [1.807, 2.05) is 0 Å². The Morgan fingerprint density at radius 3 is 2.14 bits per heavy atom. The number of carbonyl (C=O) groups is 2. The molecule has 0 atom stereocenters. The number of alkyl halides is 3. The van der Waals surface area contributed by atoms with Crippen LogP contribution < -0.4 is 5.32 Å². The molecule has 0 aliphatic heterocycles. The molecule has 0 fully saturated rings. The van der Waals surface area contributed by atoms with Crippen LogP contribution in [0.5, 0.6) is 0 Å². The molecule has 0 aliphatic carbocycles. The lowest BCUT2D eigenvalue weighted by Crippen LogP contribution is -2.31. The second kappa shape index (κ2) is 5.35. The van der Waals surface area contributed by atoms with Crippen LogP contribution in [0.1, 0.15) is 15.9 Å². The van der Waals surface area contributed by atoms with E-state index in [0.29, 0.717) is 0 Å². The number of anilines is 1. The van der Waals surface area contributed by atoms with Crippen molar-refractivity contribution in [3.05, 3.63) is 23.3 Å². The summed E-state index contributed by atoms with van der Waals surface area (Å²) < 4.78 is 59.9.